The molecule has 0 aromatic heterocycles. The predicted octanol–water partition coefficient (Wildman–Crippen LogP) is 2.68. The minimum absolute atomic E-state index is 0.00202. The molecule has 24 heavy (non-hydrogen) atoms. The molecule has 4 nitrogen and oxygen atoms in total. The molecule has 0 radical (unpaired) electrons. The van der Waals surface area contributed by atoms with Crippen LogP contribution in [-0.2, 0) is 9.59 Å². The van der Waals surface area contributed by atoms with Crippen LogP contribution in [-0.4, -0.2) is 36.3 Å². The molecule has 0 unspecified atom stereocenters. The quantitative estimate of drug-likeness (QED) is 0.941. The fourth-order valence-electron chi connectivity index (χ4n) is 3.77. The van der Waals surface area contributed by atoms with E-state index in [-0.39, 0.29) is 30.2 Å². The molecule has 0 bridgehead atoms. The summed E-state index contributed by atoms with van der Waals surface area (Å²) < 4.78 is 0. The summed E-state index contributed by atoms with van der Waals surface area (Å²) in [5.74, 6) is 0.337. The Labute approximate surface area is 141 Å². The van der Waals surface area contributed by atoms with Crippen LogP contribution in [0.25, 0.3) is 10.8 Å². The van der Waals surface area contributed by atoms with Crippen LogP contribution < -0.4 is 5.32 Å². The molecule has 2 amide bonds. The Hall–Kier alpha value is -2.36. The van der Waals surface area contributed by atoms with E-state index in [4.69, 9.17) is 0 Å². The third-order valence-corrected chi connectivity index (χ3v) is 5.22. The van der Waals surface area contributed by atoms with E-state index < -0.39 is 0 Å². The first-order valence-electron chi connectivity index (χ1n) is 8.77. The van der Waals surface area contributed by atoms with Crippen LogP contribution in [0.4, 0.5) is 0 Å². The molecule has 4 heteroatoms. The molecule has 1 aliphatic carbocycles. The van der Waals surface area contributed by atoms with Crippen molar-refractivity contribution in [1.29, 1.82) is 0 Å². The number of benzene rings is 2. The van der Waals surface area contributed by atoms with Crippen LogP contribution in [0.2, 0.25) is 0 Å². The Balaban J connectivity index is 1.38. The Kier molecular flexibility index (Phi) is 3.97. The topological polar surface area (TPSA) is 49.4 Å². The van der Waals surface area contributed by atoms with Crippen LogP contribution in [0.3, 0.4) is 0 Å². The summed E-state index contributed by atoms with van der Waals surface area (Å²) in [7, 11) is 0. The lowest BCUT2D eigenvalue weighted by molar-refractivity contribution is -0.132. The Morgan fingerprint density at radius 2 is 1.79 bits per heavy atom. The Morgan fingerprint density at radius 3 is 2.62 bits per heavy atom. The average molecular weight is 322 g/mol. The molecule has 1 N–H and O–H groups in total. The first-order valence-corrected chi connectivity index (χ1v) is 8.77. The maximum Gasteiger partial charge on any atom is 0.241 e. The van der Waals surface area contributed by atoms with E-state index in [0.29, 0.717) is 0 Å². The molecule has 2 aromatic rings. The first kappa shape index (κ1) is 15.2. The molecule has 1 heterocycles. The average Bonchev–Trinajstić information content (AvgIpc) is 3.22. The van der Waals surface area contributed by atoms with E-state index in [2.05, 4.69) is 35.6 Å². The van der Waals surface area contributed by atoms with Gasteiger partial charge in [-0.05, 0) is 41.5 Å². The SMILES string of the molecule is O=C(NCC(=O)N1CCCC1)[C@@H]1C[C@@H]1c1cccc2ccccc12. The highest BCUT2D eigenvalue weighted by atomic mass is 16.2. The number of hydrogen-bond acceptors (Lipinski definition) is 2. The highest BCUT2D eigenvalue weighted by molar-refractivity contribution is 5.91. The van der Waals surface area contributed by atoms with E-state index in [1.165, 1.54) is 16.3 Å². The van der Waals surface area contributed by atoms with E-state index in [1.807, 2.05) is 17.0 Å². The summed E-state index contributed by atoms with van der Waals surface area (Å²) in [6, 6.07) is 14.6. The zero-order chi connectivity index (χ0) is 16.5. The molecule has 1 saturated carbocycles. The molecule has 2 aliphatic rings. The van der Waals surface area contributed by atoms with Crippen LogP contribution in [0.5, 0.6) is 0 Å². The van der Waals surface area contributed by atoms with Gasteiger partial charge >= 0.3 is 0 Å². The van der Waals surface area contributed by atoms with Crippen molar-refractivity contribution in [3.8, 4) is 0 Å². The standard InChI is InChI=1S/C20H22N2O2/c23-19(22-10-3-4-11-22)13-21-20(24)18-12-17(18)16-9-5-7-14-6-1-2-8-15(14)16/h1-2,5-9,17-18H,3-4,10-13H2,(H,21,24)/t17-,18-/m1/s1. The lowest BCUT2D eigenvalue weighted by Gasteiger charge is -2.15. The van der Waals surface area contributed by atoms with Gasteiger partial charge in [-0.15, -0.1) is 0 Å². The largest absolute Gasteiger partial charge is 0.347 e. The van der Waals surface area contributed by atoms with Crippen molar-refractivity contribution in [2.45, 2.75) is 25.2 Å². The molecule has 124 valence electrons. The van der Waals surface area contributed by atoms with Crippen molar-refractivity contribution in [2.75, 3.05) is 19.6 Å². The summed E-state index contributed by atoms with van der Waals surface area (Å²) in [5.41, 5.74) is 1.25. The van der Waals surface area contributed by atoms with E-state index in [9.17, 15) is 9.59 Å². The van der Waals surface area contributed by atoms with Gasteiger partial charge in [-0.3, -0.25) is 9.59 Å². The second kappa shape index (κ2) is 6.27. The number of carbonyl (C=O) groups is 2. The third kappa shape index (κ3) is 2.88. The molecule has 2 atom stereocenters. The number of rotatable bonds is 4. The van der Waals surface area contributed by atoms with Gasteiger partial charge in [-0.2, -0.15) is 0 Å². The number of nitrogens with one attached hydrogen (secondary N) is 1. The number of nitrogens with zero attached hydrogens (tertiary/aromatic N) is 1. The fraction of sp³-hybridized carbons (Fsp3) is 0.400. The summed E-state index contributed by atoms with van der Waals surface area (Å²) >= 11 is 0. The first-order chi connectivity index (χ1) is 11.7. The monoisotopic (exact) mass is 322 g/mol. The van der Waals surface area contributed by atoms with Crippen LogP contribution in [0.1, 0.15) is 30.7 Å². The Bertz CT molecular complexity index is 775. The van der Waals surface area contributed by atoms with Gasteiger partial charge in [0.1, 0.15) is 0 Å². The highest BCUT2D eigenvalue weighted by Gasteiger charge is 2.44. The summed E-state index contributed by atoms with van der Waals surface area (Å²) in [4.78, 5) is 26.2. The second-order valence-corrected chi connectivity index (χ2v) is 6.82. The zero-order valence-electron chi connectivity index (χ0n) is 13.7. The molecular formula is C20H22N2O2. The maximum absolute atomic E-state index is 12.4. The van der Waals surface area contributed by atoms with Crippen molar-refractivity contribution < 1.29 is 9.59 Å². The van der Waals surface area contributed by atoms with Gasteiger partial charge in [-0.25, -0.2) is 0 Å². The molecular weight excluding hydrogens is 300 g/mol. The normalized spacial score (nSPS) is 22.6. The number of likely N-dealkylation sites (tertiary alicyclic amines) is 1. The molecule has 0 spiro atoms. The van der Waals surface area contributed by atoms with Gasteiger partial charge in [0.15, 0.2) is 0 Å². The van der Waals surface area contributed by atoms with E-state index in [0.717, 1.165) is 32.4 Å². The van der Waals surface area contributed by atoms with Crippen LogP contribution in [0, 0.1) is 5.92 Å². The van der Waals surface area contributed by atoms with E-state index >= 15 is 0 Å². The zero-order valence-corrected chi connectivity index (χ0v) is 13.7. The lowest BCUT2D eigenvalue weighted by atomic mass is 10.00. The van der Waals surface area contributed by atoms with Gasteiger partial charge in [-0.1, -0.05) is 42.5 Å². The van der Waals surface area contributed by atoms with Gasteiger partial charge in [0.2, 0.25) is 11.8 Å². The molecule has 2 fully saturated rings. The van der Waals surface area contributed by atoms with Crippen LogP contribution in [0.15, 0.2) is 42.5 Å². The van der Waals surface area contributed by atoms with Crippen molar-refractivity contribution >= 4 is 22.6 Å². The summed E-state index contributed by atoms with van der Waals surface area (Å²) in [5, 5.41) is 5.28. The third-order valence-electron chi connectivity index (χ3n) is 5.22. The van der Waals surface area contributed by atoms with Crippen molar-refractivity contribution in [1.82, 2.24) is 10.2 Å². The van der Waals surface area contributed by atoms with Gasteiger partial charge in [0, 0.05) is 19.0 Å². The minimum Gasteiger partial charge on any atom is -0.347 e. The summed E-state index contributed by atoms with van der Waals surface area (Å²) in [6.45, 7) is 1.80. The summed E-state index contributed by atoms with van der Waals surface area (Å²) in [6.07, 6.45) is 3.02. The number of fused-ring (bicyclic) bond motifs is 1. The molecule has 1 saturated heterocycles. The minimum atomic E-state index is 0.00202. The maximum atomic E-state index is 12.4. The molecule has 4 rings (SSSR count). The van der Waals surface area contributed by atoms with Gasteiger partial charge in [0.25, 0.3) is 0 Å². The Morgan fingerprint density at radius 1 is 1.04 bits per heavy atom. The fourth-order valence-corrected chi connectivity index (χ4v) is 3.77. The lowest BCUT2D eigenvalue weighted by Crippen LogP contribution is -2.39. The second-order valence-electron chi connectivity index (χ2n) is 6.82. The number of amides is 2. The van der Waals surface area contributed by atoms with Crippen molar-refractivity contribution in [3.63, 3.8) is 0 Å². The highest BCUT2D eigenvalue weighted by Crippen LogP contribution is 2.49. The molecule has 1 aliphatic heterocycles. The number of carbonyl (C=O) groups excluding carboxylic acids is 2. The number of hydrogen-bond donors (Lipinski definition) is 1. The van der Waals surface area contributed by atoms with Crippen molar-refractivity contribution in [2.24, 2.45) is 5.92 Å². The van der Waals surface area contributed by atoms with Crippen LogP contribution >= 0.6 is 0 Å². The van der Waals surface area contributed by atoms with Gasteiger partial charge in [0.05, 0.1) is 6.54 Å². The molecule has 2 aromatic carbocycles. The van der Waals surface area contributed by atoms with Gasteiger partial charge < -0.3 is 10.2 Å². The smallest absolute Gasteiger partial charge is 0.241 e. The van der Waals surface area contributed by atoms with Crippen molar-refractivity contribution in [3.05, 3.63) is 48.0 Å². The predicted molar refractivity (Wildman–Crippen MR) is 93.6 cm³/mol. The van der Waals surface area contributed by atoms with E-state index in [1.54, 1.807) is 0 Å².